The Bertz CT molecular complexity index is 3620. The van der Waals surface area contributed by atoms with Gasteiger partial charge in [0.2, 0.25) is 0 Å². The van der Waals surface area contributed by atoms with Gasteiger partial charge in [-0.3, -0.25) is 0 Å². The van der Waals surface area contributed by atoms with Crippen molar-refractivity contribution >= 4 is 54.6 Å². The molecule has 13 rings (SSSR count). The molecule has 2 nitrogen and oxygen atoms in total. The lowest BCUT2D eigenvalue weighted by molar-refractivity contribution is 0.616. The molecule has 74 heavy (non-hydrogen) atoms. The number of anilines is 3. The van der Waals surface area contributed by atoms with Crippen molar-refractivity contribution in [2.24, 2.45) is 0 Å². The maximum atomic E-state index is 5.73. The summed E-state index contributed by atoms with van der Waals surface area (Å²) in [6.45, 7) is 14.8. The molecule has 4 heteroatoms. The minimum atomic E-state index is -1.72. The van der Waals surface area contributed by atoms with Crippen molar-refractivity contribution in [2.45, 2.75) is 50.1 Å². The van der Waals surface area contributed by atoms with Crippen molar-refractivity contribution < 1.29 is 4.42 Å². The van der Waals surface area contributed by atoms with Gasteiger partial charge in [0, 0.05) is 22.4 Å². The van der Waals surface area contributed by atoms with Crippen LogP contribution in [-0.2, 0) is 10.8 Å². The van der Waals surface area contributed by atoms with E-state index in [4.69, 9.17) is 4.42 Å². The van der Waals surface area contributed by atoms with Gasteiger partial charge in [0.15, 0.2) is 0 Å². The van der Waals surface area contributed by atoms with E-state index >= 15 is 0 Å². The summed E-state index contributed by atoms with van der Waals surface area (Å²) in [5.41, 5.74) is 21.1. The molecule has 10 aromatic carbocycles. The molecule has 0 saturated heterocycles. The molecule has 0 unspecified atom stereocenters. The highest BCUT2D eigenvalue weighted by atomic mass is 28.3. The first-order chi connectivity index (χ1) is 35.9. The third kappa shape index (κ3) is 7.10. The minimum Gasteiger partial charge on any atom is -0.464 e. The second-order valence-electron chi connectivity index (χ2n) is 22.5. The van der Waals surface area contributed by atoms with Crippen LogP contribution in [0.3, 0.4) is 0 Å². The van der Waals surface area contributed by atoms with Gasteiger partial charge in [-0.15, -0.1) is 0 Å². The first-order valence-corrected chi connectivity index (χ1v) is 33.1. The molecule has 358 valence electrons. The summed E-state index contributed by atoms with van der Waals surface area (Å²) in [7, 11) is -3.43. The van der Waals surface area contributed by atoms with Gasteiger partial charge >= 0.3 is 0 Å². The van der Waals surface area contributed by atoms with E-state index in [9.17, 15) is 0 Å². The van der Waals surface area contributed by atoms with Crippen LogP contribution in [-0.4, -0.2) is 16.1 Å². The first kappa shape index (κ1) is 45.8. The van der Waals surface area contributed by atoms with E-state index in [1.165, 1.54) is 77.1 Å². The molecule has 0 fully saturated rings. The Morgan fingerprint density at radius 3 is 1.09 bits per heavy atom. The Hall–Kier alpha value is -8.03. The topological polar surface area (TPSA) is 16.4 Å². The minimum absolute atomic E-state index is 0.504. The van der Waals surface area contributed by atoms with Gasteiger partial charge in [-0.05, 0) is 132 Å². The van der Waals surface area contributed by atoms with Gasteiger partial charge in [-0.2, -0.15) is 0 Å². The molecule has 0 radical (unpaired) electrons. The molecule has 2 aliphatic carbocycles. The van der Waals surface area contributed by atoms with E-state index in [-0.39, 0.29) is 0 Å². The van der Waals surface area contributed by atoms with Crippen molar-refractivity contribution in [1.29, 1.82) is 0 Å². The lowest BCUT2D eigenvalue weighted by atomic mass is 9.67. The van der Waals surface area contributed by atoms with Crippen LogP contribution in [0.2, 0.25) is 39.3 Å². The normalized spacial score (nSPS) is 14.0. The van der Waals surface area contributed by atoms with E-state index in [0.717, 1.165) is 39.2 Å². The number of nitrogens with zero attached hydrogens (tertiary/aromatic N) is 1. The van der Waals surface area contributed by atoms with Crippen LogP contribution in [0.4, 0.5) is 17.1 Å². The highest BCUT2D eigenvalue weighted by molar-refractivity contribution is 6.89. The molecule has 0 atom stereocenters. The van der Waals surface area contributed by atoms with Crippen LogP contribution in [0, 0.1) is 0 Å². The molecule has 0 N–H and O–H groups in total. The van der Waals surface area contributed by atoms with Crippen molar-refractivity contribution in [3.63, 3.8) is 0 Å². The SMILES string of the molecule is C[Si](C)(C)c1ccc2c(c1)-c1cc(N(c3ccc(-c4ccc5occc5c4)cc3)c3ccc4c(c3)-c3cc([Si](C)(C)C)ccc3C4(c3ccccc3)c3ccccc3)ccc1C2(c1ccccc1)c1ccccc1. The van der Waals surface area contributed by atoms with Crippen LogP contribution in [0.15, 0.2) is 253 Å². The summed E-state index contributed by atoms with van der Waals surface area (Å²) < 4.78 is 5.73. The summed E-state index contributed by atoms with van der Waals surface area (Å²) in [6.07, 6.45) is 1.77. The van der Waals surface area contributed by atoms with Crippen LogP contribution in [0.25, 0.3) is 44.3 Å². The molecule has 0 amide bonds. The summed E-state index contributed by atoms with van der Waals surface area (Å²) in [5.74, 6) is 0. The molecule has 0 saturated carbocycles. The smallest absolute Gasteiger partial charge is 0.133 e. The van der Waals surface area contributed by atoms with Crippen LogP contribution in [0.1, 0.15) is 44.5 Å². The zero-order chi connectivity index (χ0) is 50.4. The molecule has 2 aliphatic rings. The molecular formula is C70H59NOSi2. The highest BCUT2D eigenvalue weighted by Crippen LogP contribution is 2.59. The van der Waals surface area contributed by atoms with Crippen molar-refractivity contribution in [2.75, 3.05) is 4.90 Å². The van der Waals surface area contributed by atoms with E-state index in [1.54, 1.807) is 6.26 Å². The van der Waals surface area contributed by atoms with E-state index < -0.39 is 27.0 Å². The predicted octanol–water partition coefficient (Wildman–Crippen LogP) is 17.4. The highest BCUT2D eigenvalue weighted by Gasteiger charge is 2.48. The fourth-order valence-electron chi connectivity index (χ4n) is 12.6. The zero-order valence-corrected chi connectivity index (χ0v) is 45.0. The first-order valence-electron chi connectivity index (χ1n) is 26.1. The van der Waals surface area contributed by atoms with Crippen molar-refractivity contribution in [3.05, 3.63) is 293 Å². The number of hydrogen-bond donors (Lipinski definition) is 0. The van der Waals surface area contributed by atoms with Gasteiger partial charge in [0.05, 0.1) is 33.2 Å². The number of hydrogen-bond acceptors (Lipinski definition) is 2. The summed E-state index contributed by atoms with van der Waals surface area (Å²) >= 11 is 0. The molecule has 1 heterocycles. The van der Waals surface area contributed by atoms with Gasteiger partial charge in [0.25, 0.3) is 0 Å². The zero-order valence-electron chi connectivity index (χ0n) is 43.0. The average Bonchev–Trinajstić information content (AvgIpc) is 4.12. The number of furan rings is 1. The predicted molar refractivity (Wildman–Crippen MR) is 317 cm³/mol. The Labute approximate surface area is 438 Å². The van der Waals surface area contributed by atoms with E-state index in [2.05, 4.69) is 281 Å². The monoisotopic (exact) mass is 985 g/mol. The number of rotatable bonds is 10. The lowest BCUT2D eigenvalue weighted by Gasteiger charge is -2.35. The lowest BCUT2D eigenvalue weighted by Crippen LogP contribution is -2.38. The van der Waals surface area contributed by atoms with Gasteiger partial charge in [-0.25, -0.2) is 0 Å². The third-order valence-corrected chi connectivity index (χ3v) is 20.3. The number of fused-ring (bicyclic) bond motifs is 7. The quantitative estimate of drug-likeness (QED) is 0.127. The molecule has 11 aromatic rings. The summed E-state index contributed by atoms with van der Waals surface area (Å²) in [6, 6.07) is 91.9. The van der Waals surface area contributed by atoms with Crippen molar-refractivity contribution in [1.82, 2.24) is 0 Å². The van der Waals surface area contributed by atoms with Crippen LogP contribution in [0.5, 0.6) is 0 Å². The third-order valence-electron chi connectivity index (χ3n) is 16.2. The van der Waals surface area contributed by atoms with Gasteiger partial charge in [-0.1, -0.05) is 238 Å². The maximum Gasteiger partial charge on any atom is 0.133 e. The molecule has 0 aliphatic heterocycles. The van der Waals surface area contributed by atoms with E-state index in [0.29, 0.717) is 0 Å². The summed E-state index contributed by atoms with van der Waals surface area (Å²) in [5, 5.41) is 4.02. The van der Waals surface area contributed by atoms with E-state index in [1.807, 2.05) is 6.07 Å². The Morgan fingerprint density at radius 1 is 0.324 bits per heavy atom. The number of benzene rings is 10. The Balaban J connectivity index is 1.07. The fourth-order valence-corrected chi connectivity index (χ4v) is 14.9. The standard InChI is InChI=1S/C70H59NOSi2/c1-73(2,3)58-34-38-66-62(46-58)60-44-56(32-36-64(60)69(66,51-19-11-7-12-20-51)52-21-13-8-14-22-52)71(55-30-27-48(28-31-55)49-29-40-68-50(43-49)41-42-72-68)57-33-37-65-61(45-57)63-47-59(74(4,5)6)35-39-67(63)70(65,53-23-15-9-16-24-53)54-25-17-10-18-26-54/h7-47H,1-6H3. The summed E-state index contributed by atoms with van der Waals surface area (Å²) in [4.78, 5) is 2.50. The second kappa shape index (κ2) is 17.3. The maximum absolute atomic E-state index is 5.73. The fraction of sp³-hybridized carbons (Fsp3) is 0.114. The largest absolute Gasteiger partial charge is 0.464 e. The molecule has 0 bridgehead atoms. The Kier molecular flexibility index (Phi) is 10.7. The van der Waals surface area contributed by atoms with Crippen LogP contribution < -0.4 is 15.3 Å². The van der Waals surface area contributed by atoms with Crippen LogP contribution >= 0.6 is 0 Å². The van der Waals surface area contributed by atoms with Gasteiger partial charge in [0.1, 0.15) is 5.58 Å². The molecule has 1 aromatic heterocycles. The molecular weight excluding hydrogens is 927 g/mol. The molecule has 0 spiro atoms. The average molecular weight is 986 g/mol. The van der Waals surface area contributed by atoms with Crippen molar-refractivity contribution in [3.8, 4) is 33.4 Å². The van der Waals surface area contributed by atoms with Gasteiger partial charge < -0.3 is 9.32 Å². The Morgan fingerprint density at radius 2 is 0.689 bits per heavy atom. The second-order valence-corrected chi connectivity index (χ2v) is 32.7.